The molecule has 1 aliphatic carbocycles. The van der Waals surface area contributed by atoms with E-state index in [9.17, 15) is 5.11 Å². The zero-order valence-electron chi connectivity index (χ0n) is 8.62. The molecule has 0 aromatic heterocycles. The van der Waals surface area contributed by atoms with E-state index in [0.29, 0.717) is 0 Å². The fraction of sp³-hybridized carbons (Fsp3) is 0.500. The minimum atomic E-state index is -0.177. The topological polar surface area (TPSA) is 32.3 Å². The number of aliphatic hydroxyl groups is 1. The fourth-order valence-corrected chi connectivity index (χ4v) is 2.29. The first-order valence-corrected chi connectivity index (χ1v) is 5.79. The predicted octanol–water partition coefficient (Wildman–Crippen LogP) is 2.34. The van der Waals surface area contributed by atoms with E-state index in [2.05, 4.69) is 5.32 Å². The van der Waals surface area contributed by atoms with Gasteiger partial charge in [0.15, 0.2) is 0 Å². The van der Waals surface area contributed by atoms with E-state index in [0.717, 1.165) is 30.8 Å². The SMILES string of the molecule is OC1CCCC1NCc1cccc(Cl)c1. The van der Waals surface area contributed by atoms with Crippen LogP contribution in [0.4, 0.5) is 0 Å². The molecular weight excluding hydrogens is 210 g/mol. The maximum Gasteiger partial charge on any atom is 0.0693 e. The molecule has 0 amide bonds. The monoisotopic (exact) mass is 225 g/mol. The molecule has 1 saturated carbocycles. The van der Waals surface area contributed by atoms with Crippen molar-refractivity contribution in [2.75, 3.05) is 0 Å². The van der Waals surface area contributed by atoms with Gasteiger partial charge in [-0.2, -0.15) is 0 Å². The molecule has 0 radical (unpaired) electrons. The van der Waals surface area contributed by atoms with Gasteiger partial charge in [-0.25, -0.2) is 0 Å². The van der Waals surface area contributed by atoms with Gasteiger partial charge < -0.3 is 10.4 Å². The smallest absolute Gasteiger partial charge is 0.0693 e. The normalized spacial score (nSPS) is 25.7. The summed E-state index contributed by atoms with van der Waals surface area (Å²) in [5.74, 6) is 0. The summed E-state index contributed by atoms with van der Waals surface area (Å²) in [6.07, 6.45) is 2.94. The van der Waals surface area contributed by atoms with Gasteiger partial charge in [0.1, 0.15) is 0 Å². The highest BCUT2D eigenvalue weighted by atomic mass is 35.5. The van der Waals surface area contributed by atoms with Crippen molar-refractivity contribution in [3.63, 3.8) is 0 Å². The Morgan fingerprint density at radius 2 is 2.27 bits per heavy atom. The zero-order valence-corrected chi connectivity index (χ0v) is 9.37. The van der Waals surface area contributed by atoms with Crippen LogP contribution in [0.3, 0.4) is 0 Å². The third-order valence-corrected chi connectivity index (χ3v) is 3.17. The van der Waals surface area contributed by atoms with E-state index in [1.54, 1.807) is 0 Å². The molecule has 1 aromatic carbocycles. The van der Waals surface area contributed by atoms with Crippen LogP contribution in [0.25, 0.3) is 0 Å². The second-order valence-corrected chi connectivity index (χ2v) is 4.55. The third-order valence-electron chi connectivity index (χ3n) is 2.94. The molecule has 1 aromatic rings. The number of hydrogen-bond acceptors (Lipinski definition) is 2. The summed E-state index contributed by atoms with van der Waals surface area (Å²) in [6.45, 7) is 0.780. The van der Waals surface area contributed by atoms with E-state index in [-0.39, 0.29) is 12.1 Å². The van der Waals surface area contributed by atoms with Crippen LogP contribution in [-0.4, -0.2) is 17.3 Å². The van der Waals surface area contributed by atoms with Gasteiger partial charge in [-0.15, -0.1) is 0 Å². The van der Waals surface area contributed by atoms with E-state index in [1.807, 2.05) is 24.3 Å². The van der Waals surface area contributed by atoms with Gasteiger partial charge in [-0.1, -0.05) is 23.7 Å². The lowest BCUT2D eigenvalue weighted by atomic mass is 10.2. The van der Waals surface area contributed by atoms with Crippen molar-refractivity contribution in [1.82, 2.24) is 5.32 Å². The summed E-state index contributed by atoms with van der Waals surface area (Å²) >= 11 is 5.89. The number of nitrogens with one attached hydrogen (secondary N) is 1. The molecule has 15 heavy (non-hydrogen) atoms. The first-order valence-electron chi connectivity index (χ1n) is 5.41. The number of benzene rings is 1. The van der Waals surface area contributed by atoms with Crippen LogP contribution < -0.4 is 5.32 Å². The molecule has 2 rings (SSSR count). The Kier molecular flexibility index (Phi) is 3.62. The van der Waals surface area contributed by atoms with Gasteiger partial charge in [0.25, 0.3) is 0 Å². The van der Waals surface area contributed by atoms with Crippen LogP contribution in [0.2, 0.25) is 5.02 Å². The van der Waals surface area contributed by atoms with Crippen LogP contribution in [0.15, 0.2) is 24.3 Å². The quantitative estimate of drug-likeness (QED) is 0.828. The van der Waals surface area contributed by atoms with Gasteiger partial charge in [0.2, 0.25) is 0 Å². The molecule has 3 heteroatoms. The minimum Gasteiger partial charge on any atom is -0.392 e. The van der Waals surface area contributed by atoms with Gasteiger partial charge >= 0.3 is 0 Å². The van der Waals surface area contributed by atoms with Crippen molar-refractivity contribution in [2.24, 2.45) is 0 Å². The van der Waals surface area contributed by atoms with Crippen LogP contribution in [0.1, 0.15) is 24.8 Å². The second kappa shape index (κ2) is 4.97. The predicted molar refractivity (Wildman–Crippen MR) is 61.9 cm³/mol. The molecule has 1 fully saturated rings. The second-order valence-electron chi connectivity index (χ2n) is 4.12. The maximum atomic E-state index is 9.63. The Morgan fingerprint density at radius 3 is 2.93 bits per heavy atom. The summed E-state index contributed by atoms with van der Waals surface area (Å²) in [7, 11) is 0. The highest BCUT2D eigenvalue weighted by molar-refractivity contribution is 6.30. The first kappa shape index (κ1) is 10.9. The molecule has 0 aliphatic heterocycles. The van der Waals surface area contributed by atoms with Crippen molar-refractivity contribution in [3.8, 4) is 0 Å². The van der Waals surface area contributed by atoms with Crippen LogP contribution >= 0.6 is 11.6 Å². The number of hydrogen-bond donors (Lipinski definition) is 2. The van der Waals surface area contributed by atoms with E-state index >= 15 is 0 Å². The molecule has 0 saturated heterocycles. The summed E-state index contributed by atoms with van der Waals surface area (Å²) in [5.41, 5.74) is 1.17. The van der Waals surface area contributed by atoms with E-state index < -0.39 is 0 Å². The van der Waals surface area contributed by atoms with E-state index in [1.165, 1.54) is 5.56 Å². The molecule has 2 N–H and O–H groups in total. The van der Waals surface area contributed by atoms with Gasteiger partial charge in [-0.05, 0) is 37.0 Å². The molecule has 2 atom stereocenters. The van der Waals surface area contributed by atoms with Crippen LogP contribution in [0, 0.1) is 0 Å². The van der Waals surface area contributed by atoms with Crippen molar-refractivity contribution >= 4 is 11.6 Å². The highest BCUT2D eigenvalue weighted by Crippen LogP contribution is 2.19. The first-order chi connectivity index (χ1) is 7.25. The molecule has 0 heterocycles. The Hall–Kier alpha value is -0.570. The molecule has 0 spiro atoms. The Morgan fingerprint density at radius 1 is 1.40 bits per heavy atom. The molecule has 0 bridgehead atoms. The number of aliphatic hydroxyl groups excluding tert-OH is 1. The number of rotatable bonds is 3. The summed E-state index contributed by atoms with van der Waals surface area (Å²) in [4.78, 5) is 0. The Bertz CT molecular complexity index is 329. The number of halogens is 1. The highest BCUT2D eigenvalue weighted by Gasteiger charge is 2.24. The van der Waals surface area contributed by atoms with Gasteiger partial charge in [-0.3, -0.25) is 0 Å². The summed E-state index contributed by atoms with van der Waals surface area (Å²) in [5, 5.41) is 13.8. The molecule has 82 valence electrons. The maximum absolute atomic E-state index is 9.63. The standard InChI is InChI=1S/C12H16ClNO/c13-10-4-1-3-9(7-10)8-14-11-5-2-6-12(11)15/h1,3-4,7,11-12,14-15H,2,5-6,8H2. The Balaban J connectivity index is 1.87. The molecule has 2 unspecified atom stereocenters. The van der Waals surface area contributed by atoms with E-state index in [4.69, 9.17) is 11.6 Å². The molecule has 1 aliphatic rings. The van der Waals surface area contributed by atoms with Crippen LogP contribution in [0.5, 0.6) is 0 Å². The average Bonchev–Trinajstić information content (AvgIpc) is 2.61. The summed E-state index contributed by atoms with van der Waals surface area (Å²) in [6, 6.07) is 8.07. The van der Waals surface area contributed by atoms with Gasteiger partial charge in [0.05, 0.1) is 6.10 Å². The average molecular weight is 226 g/mol. The third kappa shape index (κ3) is 2.94. The van der Waals surface area contributed by atoms with Crippen molar-refractivity contribution in [2.45, 2.75) is 38.0 Å². The largest absolute Gasteiger partial charge is 0.392 e. The summed E-state index contributed by atoms with van der Waals surface area (Å²) < 4.78 is 0. The van der Waals surface area contributed by atoms with Crippen molar-refractivity contribution in [3.05, 3.63) is 34.9 Å². The lowest BCUT2D eigenvalue weighted by Gasteiger charge is -2.16. The lowest BCUT2D eigenvalue weighted by Crippen LogP contribution is -2.34. The van der Waals surface area contributed by atoms with Crippen molar-refractivity contribution < 1.29 is 5.11 Å². The fourth-order valence-electron chi connectivity index (χ4n) is 2.07. The molecular formula is C12H16ClNO. The zero-order chi connectivity index (χ0) is 10.7. The van der Waals surface area contributed by atoms with Crippen LogP contribution in [-0.2, 0) is 6.54 Å². The minimum absolute atomic E-state index is 0.177. The van der Waals surface area contributed by atoms with Gasteiger partial charge in [0, 0.05) is 17.6 Å². The van der Waals surface area contributed by atoms with Crippen molar-refractivity contribution in [1.29, 1.82) is 0 Å². The lowest BCUT2D eigenvalue weighted by molar-refractivity contribution is 0.148. The Labute approximate surface area is 95.3 Å². The molecule has 2 nitrogen and oxygen atoms in total.